The predicted molar refractivity (Wildman–Crippen MR) is 107 cm³/mol. The molecule has 0 radical (unpaired) electrons. The van der Waals surface area contributed by atoms with E-state index in [1.807, 2.05) is 0 Å². The Labute approximate surface area is 172 Å². The first-order valence-corrected chi connectivity index (χ1v) is 10.2. The van der Waals surface area contributed by atoms with Gasteiger partial charge in [-0.3, -0.25) is 0 Å². The van der Waals surface area contributed by atoms with Gasteiger partial charge in [0.25, 0.3) is 0 Å². The zero-order chi connectivity index (χ0) is 21.6. The van der Waals surface area contributed by atoms with E-state index in [2.05, 4.69) is 5.32 Å². The Morgan fingerprint density at radius 2 is 1.69 bits per heavy atom. The van der Waals surface area contributed by atoms with E-state index >= 15 is 0 Å². The SMILES string of the molecule is C[C@H](NC(=O)OC(C)(C)C)C(=O)O[C@@H](C)[C@H](Oc1ccc(F)cc1)C1CCCC1. The third-order valence-corrected chi connectivity index (χ3v) is 4.80. The second-order valence-corrected chi connectivity index (χ2v) is 8.59. The Morgan fingerprint density at radius 3 is 2.24 bits per heavy atom. The molecule has 162 valence electrons. The molecule has 1 saturated carbocycles. The van der Waals surface area contributed by atoms with Gasteiger partial charge in [-0.15, -0.1) is 0 Å². The van der Waals surface area contributed by atoms with Crippen LogP contribution in [0, 0.1) is 11.7 Å². The maximum absolute atomic E-state index is 13.2. The highest BCUT2D eigenvalue weighted by Crippen LogP contribution is 2.32. The number of hydrogen-bond acceptors (Lipinski definition) is 5. The van der Waals surface area contributed by atoms with Gasteiger partial charge in [0.15, 0.2) is 0 Å². The molecule has 0 saturated heterocycles. The fourth-order valence-electron chi connectivity index (χ4n) is 3.43. The Kier molecular flexibility index (Phi) is 7.88. The lowest BCUT2D eigenvalue weighted by Gasteiger charge is -2.30. The molecule has 0 heterocycles. The van der Waals surface area contributed by atoms with Crippen LogP contribution in [0.4, 0.5) is 9.18 Å². The zero-order valence-corrected chi connectivity index (χ0v) is 17.9. The number of hydrogen-bond donors (Lipinski definition) is 1. The Balaban J connectivity index is 1.98. The van der Waals surface area contributed by atoms with Gasteiger partial charge in [-0.1, -0.05) is 12.8 Å². The first-order chi connectivity index (χ1) is 13.5. The lowest BCUT2D eigenvalue weighted by Crippen LogP contribution is -2.46. The van der Waals surface area contributed by atoms with Crippen molar-refractivity contribution in [2.24, 2.45) is 5.92 Å². The number of ether oxygens (including phenoxy) is 3. The maximum Gasteiger partial charge on any atom is 0.408 e. The number of alkyl carbamates (subject to hydrolysis) is 1. The monoisotopic (exact) mass is 409 g/mol. The summed E-state index contributed by atoms with van der Waals surface area (Å²) in [6, 6.07) is 4.95. The third kappa shape index (κ3) is 7.55. The minimum atomic E-state index is -0.859. The molecule has 0 bridgehead atoms. The van der Waals surface area contributed by atoms with Crippen LogP contribution in [0.5, 0.6) is 5.75 Å². The normalized spacial score (nSPS) is 17.9. The molecule has 1 N–H and O–H groups in total. The Hall–Kier alpha value is -2.31. The average Bonchev–Trinajstić information content (AvgIpc) is 3.13. The van der Waals surface area contributed by atoms with Crippen molar-refractivity contribution in [3.05, 3.63) is 30.1 Å². The van der Waals surface area contributed by atoms with E-state index < -0.39 is 29.8 Å². The summed E-state index contributed by atoms with van der Waals surface area (Å²) in [5, 5.41) is 2.49. The van der Waals surface area contributed by atoms with Crippen LogP contribution >= 0.6 is 0 Å². The Morgan fingerprint density at radius 1 is 1.10 bits per heavy atom. The summed E-state index contributed by atoms with van der Waals surface area (Å²) >= 11 is 0. The van der Waals surface area contributed by atoms with Crippen LogP contribution in [0.3, 0.4) is 0 Å². The van der Waals surface area contributed by atoms with Gasteiger partial charge < -0.3 is 19.5 Å². The summed E-state index contributed by atoms with van der Waals surface area (Å²) in [5.74, 6) is -0.117. The summed E-state index contributed by atoms with van der Waals surface area (Å²) in [6.45, 7) is 8.57. The molecule has 6 nitrogen and oxygen atoms in total. The second kappa shape index (κ2) is 9.94. The smallest absolute Gasteiger partial charge is 0.408 e. The molecule has 0 aromatic heterocycles. The molecule has 1 aromatic carbocycles. The van der Waals surface area contributed by atoms with Crippen molar-refractivity contribution >= 4 is 12.1 Å². The van der Waals surface area contributed by atoms with Crippen molar-refractivity contribution in [3.63, 3.8) is 0 Å². The van der Waals surface area contributed by atoms with E-state index in [0.717, 1.165) is 25.7 Å². The van der Waals surface area contributed by atoms with Gasteiger partial charge in [-0.25, -0.2) is 14.0 Å². The van der Waals surface area contributed by atoms with E-state index in [-0.39, 0.29) is 17.8 Å². The number of rotatable bonds is 7. The molecule has 1 amide bonds. The lowest BCUT2D eigenvalue weighted by atomic mass is 9.96. The van der Waals surface area contributed by atoms with Gasteiger partial charge in [-0.05, 0) is 77.6 Å². The summed E-state index contributed by atoms with van der Waals surface area (Å²) in [4.78, 5) is 24.3. The van der Waals surface area contributed by atoms with Gasteiger partial charge in [0.2, 0.25) is 0 Å². The molecule has 2 rings (SSSR count). The molecule has 1 aliphatic rings. The average molecular weight is 409 g/mol. The van der Waals surface area contributed by atoms with Crippen LogP contribution in [-0.4, -0.2) is 35.9 Å². The van der Waals surface area contributed by atoms with Gasteiger partial charge >= 0.3 is 12.1 Å². The highest BCUT2D eigenvalue weighted by atomic mass is 19.1. The first kappa shape index (κ1) is 23.0. The molecule has 1 aliphatic carbocycles. The largest absolute Gasteiger partial charge is 0.486 e. The minimum absolute atomic E-state index is 0.247. The molecule has 0 spiro atoms. The van der Waals surface area contributed by atoms with E-state index in [9.17, 15) is 14.0 Å². The highest BCUT2D eigenvalue weighted by Gasteiger charge is 2.34. The van der Waals surface area contributed by atoms with Gasteiger partial charge in [0, 0.05) is 0 Å². The van der Waals surface area contributed by atoms with Crippen LogP contribution in [-0.2, 0) is 14.3 Å². The number of carbonyl (C=O) groups excluding carboxylic acids is 2. The molecule has 29 heavy (non-hydrogen) atoms. The minimum Gasteiger partial charge on any atom is -0.486 e. The topological polar surface area (TPSA) is 73.9 Å². The van der Waals surface area contributed by atoms with Gasteiger partial charge in [0.1, 0.15) is 35.4 Å². The number of carbonyl (C=O) groups is 2. The molecule has 3 atom stereocenters. The van der Waals surface area contributed by atoms with Gasteiger partial charge in [-0.2, -0.15) is 0 Å². The summed E-state index contributed by atoms with van der Waals surface area (Å²) < 4.78 is 30.0. The van der Waals surface area contributed by atoms with Crippen molar-refractivity contribution in [1.29, 1.82) is 0 Å². The molecule has 0 aliphatic heterocycles. The molecule has 1 aromatic rings. The van der Waals surface area contributed by atoms with Crippen molar-refractivity contribution in [3.8, 4) is 5.75 Å². The quantitative estimate of drug-likeness (QED) is 0.666. The maximum atomic E-state index is 13.2. The first-order valence-electron chi connectivity index (χ1n) is 10.2. The standard InChI is InChI=1S/C22H32FNO5/c1-14(24-21(26)29-22(3,4)5)20(25)27-15(2)19(16-8-6-7-9-16)28-18-12-10-17(23)11-13-18/h10-16,19H,6-9H2,1-5H3,(H,24,26)/t14-,15-,19-/m0/s1. The van der Waals surface area contributed by atoms with E-state index in [1.54, 1.807) is 46.8 Å². The third-order valence-electron chi connectivity index (χ3n) is 4.80. The van der Waals surface area contributed by atoms with E-state index in [0.29, 0.717) is 5.75 Å². The molecule has 1 fully saturated rings. The van der Waals surface area contributed by atoms with E-state index in [4.69, 9.17) is 14.2 Å². The number of halogens is 1. The number of benzene rings is 1. The van der Waals surface area contributed by atoms with Crippen LogP contribution in [0.1, 0.15) is 60.3 Å². The summed E-state index contributed by atoms with van der Waals surface area (Å²) in [7, 11) is 0. The van der Waals surface area contributed by atoms with Crippen LogP contribution in [0.15, 0.2) is 24.3 Å². The molecular formula is C22H32FNO5. The summed E-state index contributed by atoms with van der Waals surface area (Å²) in [6.07, 6.45) is 2.62. The lowest BCUT2D eigenvalue weighted by molar-refractivity contribution is -0.156. The number of nitrogens with one attached hydrogen (secondary N) is 1. The molecule has 0 unspecified atom stereocenters. The predicted octanol–water partition coefficient (Wildman–Crippen LogP) is 4.61. The fourth-order valence-corrected chi connectivity index (χ4v) is 3.43. The molecule has 7 heteroatoms. The zero-order valence-electron chi connectivity index (χ0n) is 17.9. The fraction of sp³-hybridized carbons (Fsp3) is 0.636. The van der Waals surface area contributed by atoms with Crippen LogP contribution in [0.25, 0.3) is 0 Å². The van der Waals surface area contributed by atoms with Crippen molar-refractivity contribution in [1.82, 2.24) is 5.32 Å². The van der Waals surface area contributed by atoms with Crippen LogP contribution < -0.4 is 10.1 Å². The number of esters is 1. The van der Waals surface area contributed by atoms with Gasteiger partial charge in [0.05, 0.1) is 0 Å². The molecular weight excluding hydrogens is 377 g/mol. The highest BCUT2D eigenvalue weighted by molar-refractivity contribution is 5.81. The Bertz CT molecular complexity index is 679. The van der Waals surface area contributed by atoms with Crippen LogP contribution in [0.2, 0.25) is 0 Å². The van der Waals surface area contributed by atoms with Crippen molar-refractivity contribution in [2.45, 2.75) is 84.2 Å². The van der Waals surface area contributed by atoms with Crippen molar-refractivity contribution < 1.29 is 28.2 Å². The summed E-state index contributed by atoms with van der Waals surface area (Å²) in [5.41, 5.74) is -0.655. The number of amides is 1. The second-order valence-electron chi connectivity index (χ2n) is 8.59. The van der Waals surface area contributed by atoms with E-state index in [1.165, 1.54) is 12.1 Å². The van der Waals surface area contributed by atoms with Crippen molar-refractivity contribution in [2.75, 3.05) is 0 Å².